The van der Waals surface area contributed by atoms with E-state index in [1.807, 2.05) is 56.3 Å². The van der Waals surface area contributed by atoms with E-state index in [-0.39, 0.29) is 5.57 Å². The van der Waals surface area contributed by atoms with E-state index in [9.17, 15) is 14.7 Å². The Bertz CT molecular complexity index is 1060. The van der Waals surface area contributed by atoms with Crippen LogP contribution in [0, 0.1) is 0 Å². The van der Waals surface area contributed by atoms with E-state index in [0.29, 0.717) is 36.8 Å². The summed E-state index contributed by atoms with van der Waals surface area (Å²) in [5.74, 6) is -0.444. The quantitative estimate of drug-likeness (QED) is 0.557. The maximum absolute atomic E-state index is 13.2. The molecule has 1 aliphatic rings. The summed E-state index contributed by atoms with van der Waals surface area (Å²) >= 11 is 0. The van der Waals surface area contributed by atoms with E-state index in [0.717, 1.165) is 5.56 Å². The van der Waals surface area contributed by atoms with Crippen molar-refractivity contribution in [2.75, 3.05) is 40.9 Å². The van der Waals surface area contributed by atoms with E-state index in [1.54, 1.807) is 24.3 Å². The smallest absolute Gasteiger partial charge is 0.290 e. The molecule has 0 bridgehead atoms. The summed E-state index contributed by atoms with van der Waals surface area (Å²) in [5.41, 5.74) is 1.55. The number of nitrogens with zero attached hydrogens (tertiary/aromatic N) is 2. The molecule has 0 radical (unpaired) electrons. The molecule has 1 amide bonds. The minimum Gasteiger partial charge on any atom is -0.503 e. The van der Waals surface area contributed by atoms with Gasteiger partial charge in [-0.25, -0.2) is 0 Å². The molecule has 7 nitrogen and oxygen atoms in total. The van der Waals surface area contributed by atoms with Gasteiger partial charge in [-0.1, -0.05) is 42.5 Å². The molecule has 0 spiro atoms. The lowest BCUT2D eigenvalue weighted by Crippen LogP contribution is -2.36. The third-order valence-electron chi connectivity index (χ3n) is 5.39. The van der Waals surface area contributed by atoms with Crippen molar-refractivity contribution < 1.29 is 24.2 Å². The highest BCUT2D eigenvalue weighted by molar-refractivity contribution is 6.14. The Morgan fingerprint density at radius 1 is 1.15 bits per heavy atom. The van der Waals surface area contributed by atoms with Crippen LogP contribution in [0.2, 0.25) is 0 Å². The summed E-state index contributed by atoms with van der Waals surface area (Å²) in [6, 6.07) is 13.9. The molecule has 0 aliphatic carbocycles. The van der Waals surface area contributed by atoms with Crippen LogP contribution in [0.25, 0.3) is 6.08 Å². The zero-order valence-electron chi connectivity index (χ0n) is 19.4. The van der Waals surface area contributed by atoms with E-state index in [2.05, 4.69) is 0 Å². The SMILES string of the molecule is CCOc1ccc(C2C(C(=O)/C=C/c3ccccc3)=C(O)C(=O)N2CCN(C)C)cc1OC. The molecular formula is C26H30N2O5. The van der Waals surface area contributed by atoms with Gasteiger partial charge in [0, 0.05) is 13.1 Å². The first-order chi connectivity index (χ1) is 15.9. The molecule has 1 atom stereocenters. The summed E-state index contributed by atoms with van der Waals surface area (Å²) in [4.78, 5) is 29.7. The number of ether oxygens (including phenoxy) is 2. The summed E-state index contributed by atoms with van der Waals surface area (Å²) in [6.07, 6.45) is 3.06. The average Bonchev–Trinajstić information content (AvgIpc) is 3.07. The molecule has 174 valence electrons. The third kappa shape index (κ3) is 5.43. The number of carbonyl (C=O) groups excluding carboxylic acids is 2. The Labute approximate surface area is 194 Å². The van der Waals surface area contributed by atoms with Crippen molar-refractivity contribution in [3.63, 3.8) is 0 Å². The fourth-order valence-corrected chi connectivity index (χ4v) is 3.75. The highest BCUT2D eigenvalue weighted by atomic mass is 16.5. The van der Waals surface area contributed by atoms with Gasteiger partial charge in [0.05, 0.1) is 25.3 Å². The number of hydrogen-bond acceptors (Lipinski definition) is 6. The number of aliphatic hydroxyl groups is 1. The number of rotatable bonds is 10. The summed E-state index contributed by atoms with van der Waals surface area (Å²) in [5, 5.41) is 10.7. The molecule has 1 heterocycles. The molecule has 7 heteroatoms. The van der Waals surface area contributed by atoms with Crippen LogP contribution in [0.1, 0.15) is 24.1 Å². The van der Waals surface area contributed by atoms with Gasteiger partial charge in [0.2, 0.25) is 0 Å². The Kier molecular flexibility index (Phi) is 7.90. The van der Waals surface area contributed by atoms with Gasteiger partial charge in [-0.2, -0.15) is 0 Å². The van der Waals surface area contributed by atoms with Crippen LogP contribution in [0.3, 0.4) is 0 Å². The standard InChI is InChI=1S/C26H30N2O5/c1-5-33-21-14-12-19(17-22(21)32-4)24-23(20(29)13-11-18-9-7-6-8-10-18)25(30)26(31)28(24)16-15-27(2)3/h6-14,17,24,30H,5,15-16H2,1-4H3/b13-11+. The lowest BCUT2D eigenvalue weighted by atomic mass is 9.95. The topological polar surface area (TPSA) is 79.3 Å². The Hall–Kier alpha value is -3.58. The Morgan fingerprint density at radius 2 is 1.88 bits per heavy atom. The molecule has 1 unspecified atom stereocenters. The second-order valence-corrected chi connectivity index (χ2v) is 7.92. The first-order valence-corrected chi connectivity index (χ1v) is 10.8. The normalized spacial score (nSPS) is 16.2. The number of carbonyl (C=O) groups is 2. The third-order valence-corrected chi connectivity index (χ3v) is 5.39. The van der Waals surface area contributed by atoms with Crippen LogP contribution in [0.5, 0.6) is 11.5 Å². The number of allylic oxidation sites excluding steroid dienone is 1. The maximum atomic E-state index is 13.2. The van der Waals surface area contributed by atoms with Crippen LogP contribution in [-0.2, 0) is 9.59 Å². The molecule has 0 saturated carbocycles. The number of likely N-dealkylation sites (N-methyl/N-ethyl adjacent to an activating group) is 1. The molecule has 2 aromatic rings. The molecule has 1 N–H and O–H groups in total. The van der Waals surface area contributed by atoms with E-state index in [4.69, 9.17) is 9.47 Å². The summed E-state index contributed by atoms with van der Waals surface area (Å²) in [6.45, 7) is 3.27. The predicted molar refractivity (Wildman–Crippen MR) is 127 cm³/mol. The number of benzene rings is 2. The van der Waals surface area contributed by atoms with Gasteiger partial charge >= 0.3 is 0 Å². The highest BCUT2D eigenvalue weighted by Gasteiger charge is 2.43. The minimum absolute atomic E-state index is 0.0529. The van der Waals surface area contributed by atoms with Crippen LogP contribution in [0.4, 0.5) is 0 Å². The van der Waals surface area contributed by atoms with Crippen LogP contribution in [-0.4, -0.2) is 67.5 Å². The van der Waals surface area contributed by atoms with Gasteiger partial charge in [0.25, 0.3) is 5.91 Å². The van der Waals surface area contributed by atoms with Gasteiger partial charge in [-0.3, -0.25) is 9.59 Å². The molecular weight excluding hydrogens is 420 g/mol. The van der Waals surface area contributed by atoms with Crippen LogP contribution in [0.15, 0.2) is 65.9 Å². The highest BCUT2D eigenvalue weighted by Crippen LogP contribution is 2.40. The molecule has 1 aliphatic heterocycles. The van der Waals surface area contributed by atoms with Crippen molar-refractivity contribution in [1.29, 1.82) is 0 Å². The first-order valence-electron chi connectivity index (χ1n) is 10.8. The lowest BCUT2D eigenvalue weighted by Gasteiger charge is -2.28. The Balaban J connectivity index is 2.03. The summed E-state index contributed by atoms with van der Waals surface area (Å²) in [7, 11) is 5.34. The largest absolute Gasteiger partial charge is 0.503 e. The number of methoxy groups -OCH3 is 1. The van der Waals surface area contributed by atoms with E-state index in [1.165, 1.54) is 18.1 Å². The number of ketones is 1. The number of aliphatic hydroxyl groups excluding tert-OH is 1. The second-order valence-electron chi connectivity index (χ2n) is 7.92. The predicted octanol–water partition coefficient (Wildman–Crippen LogP) is 3.63. The Morgan fingerprint density at radius 3 is 2.52 bits per heavy atom. The average molecular weight is 451 g/mol. The van der Waals surface area contributed by atoms with Gasteiger partial charge in [-0.05, 0) is 50.4 Å². The maximum Gasteiger partial charge on any atom is 0.290 e. The van der Waals surface area contributed by atoms with E-state index >= 15 is 0 Å². The zero-order chi connectivity index (χ0) is 24.0. The van der Waals surface area contributed by atoms with Gasteiger partial charge < -0.3 is 24.4 Å². The fourth-order valence-electron chi connectivity index (χ4n) is 3.75. The number of amides is 1. The van der Waals surface area contributed by atoms with Crippen molar-refractivity contribution in [3.8, 4) is 11.5 Å². The molecule has 2 aromatic carbocycles. The molecule has 0 saturated heterocycles. The molecule has 0 fully saturated rings. The zero-order valence-corrected chi connectivity index (χ0v) is 19.4. The minimum atomic E-state index is -0.741. The fraction of sp³-hybridized carbons (Fsp3) is 0.308. The first kappa shape index (κ1) is 24.1. The molecule has 3 rings (SSSR count). The van der Waals surface area contributed by atoms with Crippen molar-refractivity contribution >= 4 is 17.8 Å². The van der Waals surface area contributed by atoms with Gasteiger partial charge in [-0.15, -0.1) is 0 Å². The molecule has 33 heavy (non-hydrogen) atoms. The van der Waals surface area contributed by atoms with Crippen molar-refractivity contribution in [2.24, 2.45) is 0 Å². The van der Waals surface area contributed by atoms with Crippen LogP contribution >= 0.6 is 0 Å². The monoisotopic (exact) mass is 450 g/mol. The van der Waals surface area contributed by atoms with Gasteiger partial charge in [0.15, 0.2) is 23.0 Å². The van der Waals surface area contributed by atoms with Crippen molar-refractivity contribution in [1.82, 2.24) is 9.80 Å². The van der Waals surface area contributed by atoms with Crippen LogP contribution < -0.4 is 9.47 Å². The van der Waals surface area contributed by atoms with E-state index < -0.39 is 23.5 Å². The van der Waals surface area contributed by atoms with Gasteiger partial charge in [0.1, 0.15) is 0 Å². The van der Waals surface area contributed by atoms with Crippen molar-refractivity contribution in [3.05, 3.63) is 77.1 Å². The molecule has 0 aromatic heterocycles. The summed E-state index contributed by atoms with van der Waals surface area (Å²) < 4.78 is 11.1. The lowest BCUT2D eigenvalue weighted by molar-refractivity contribution is -0.129. The number of hydrogen-bond donors (Lipinski definition) is 1. The van der Waals surface area contributed by atoms with Crippen molar-refractivity contribution in [2.45, 2.75) is 13.0 Å². The second kappa shape index (κ2) is 10.8.